The Morgan fingerprint density at radius 2 is 1.92 bits per heavy atom. The molecule has 1 aliphatic heterocycles. The Hall–Kier alpha value is -2.92. The molecule has 0 radical (unpaired) electrons. The van der Waals surface area contributed by atoms with Crippen molar-refractivity contribution < 1.29 is 4.79 Å². The zero-order valence-corrected chi connectivity index (χ0v) is 14.6. The Bertz CT molecular complexity index is 891. The lowest BCUT2D eigenvalue weighted by molar-refractivity contribution is 0.247. The van der Waals surface area contributed by atoms with Gasteiger partial charge in [-0.15, -0.1) is 0 Å². The van der Waals surface area contributed by atoms with Crippen molar-refractivity contribution in [3.8, 4) is 0 Å². The average Bonchev–Trinajstić information content (AvgIpc) is 3.09. The van der Waals surface area contributed by atoms with Crippen LogP contribution in [0.3, 0.4) is 0 Å². The Morgan fingerprint density at radius 3 is 2.81 bits per heavy atom. The SMILES string of the molecule is O=C(Nc1cccc2cccnc12)N[C@@H]1CCN(Cc2ccccc2)C1. The third-order valence-corrected chi connectivity index (χ3v) is 4.74. The summed E-state index contributed by atoms with van der Waals surface area (Å²) in [5.41, 5.74) is 2.85. The van der Waals surface area contributed by atoms with E-state index in [9.17, 15) is 4.79 Å². The summed E-state index contributed by atoms with van der Waals surface area (Å²) < 4.78 is 0. The molecule has 132 valence electrons. The highest BCUT2D eigenvalue weighted by atomic mass is 16.2. The number of benzene rings is 2. The minimum atomic E-state index is -0.172. The molecule has 0 spiro atoms. The molecule has 0 bridgehead atoms. The van der Waals surface area contributed by atoms with E-state index in [0.717, 1.165) is 42.6 Å². The predicted molar refractivity (Wildman–Crippen MR) is 104 cm³/mol. The van der Waals surface area contributed by atoms with Crippen molar-refractivity contribution in [2.75, 3.05) is 18.4 Å². The third-order valence-electron chi connectivity index (χ3n) is 4.74. The van der Waals surface area contributed by atoms with E-state index in [2.05, 4.69) is 44.8 Å². The predicted octanol–water partition coefficient (Wildman–Crippen LogP) is 3.63. The van der Waals surface area contributed by atoms with Crippen molar-refractivity contribution in [3.05, 3.63) is 72.4 Å². The van der Waals surface area contributed by atoms with E-state index in [-0.39, 0.29) is 12.1 Å². The van der Waals surface area contributed by atoms with E-state index in [1.807, 2.05) is 36.4 Å². The summed E-state index contributed by atoms with van der Waals surface area (Å²) in [6, 6.07) is 20.1. The average molecular weight is 346 g/mol. The van der Waals surface area contributed by atoms with Crippen LogP contribution in [-0.4, -0.2) is 35.0 Å². The van der Waals surface area contributed by atoms with Crippen molar-refractivity contribution in [1.29, 1.82) is 0 Å². The molecule has 5 nitrogen and oxygen atoms in total. The van der Waals surface area contributed by atoms with Crippen LogP contribution in [0.2, 0.25) is 0 Å². The van der Waals surface area contributed by atoms with Gasteiger partial charge in [0.1, 0.15) is 0 Å². The highest BCUT2D eigenvalue weighted by molar-refractivity contribution is 5.99. The molecule has 1 aliphatic rings. The van der Waals surface area contributed by atoms with Crippen molar-refractivity contribution in [2.45, 2.75) is 19.0 Å². The van der Waals surface area contributed by atoms with Gasteiger partial charge in [0.15, 0.2) is 0 Å². The minimum Gasteiger partial charge on any atom is -0.334 e. The quantitative estimate of drug-likeness (QED) is 0.758. The number of fused-ring (bicyclic) bond motifs is 1. The van der Waals surface area contributed by atoms with Crippen molar-refractivity contribution in [2.24, 2.45) is 0 Å². The summed E-state index contributed by atoms with van der Waals surface area (Å²) in [7, 11) is 0. The highest BCUT2D eigenvalue weighted by Gasteiger charge is 2.24. The zero-order valence-electron chi connectivity index (χ0n) is 14.6. The second-order valence-corrected chi connectivity index (χ2v) is 6.69. The fourth-order valence-corrected chi connectivity index (χ4v) is 3.48. The largest absolute Gasteiger partial charge is 0.334 e. The van der Waals surface area contributed by atoms with E-state index in [1.54, 1.807) is 6.20 Å². The monoisotopic (exact) mass is 346 g/mol. The van der Waals surface area contributed by atoms with Crippen molar-refractivity contribution >= 4 is 22.6 Å². The molecule has 3 aromatic rings. The molecule has 2 amide bonds. The Kier molecular flexibility index (Phi) is 4.80. The van der Waals surface area contributed by atoms with Gasteiger partial charge < -0.3 is 10.6 Å². The van der Waals surface area contributed by atoms with Crippen LogP contribution < -0.4 is 10.6 Å². The number of hydrogen-bond acceptors (Lipinski definition) is 3. The number of urea groups is 1. The molecule has 5 heteroatoms. The van der Waals surface area contributed by atoms with E-state index in [4.69, 9.17) is 0 Å². The van der Waals surface area contributed by atoms with E-state index in [1.165, 1.54) is 5.56 Å². The first-order valence-electron chi connectivity index (χ1n) is 8.95. The van der Waals surface area contributed by atoms with Crippen LogP contribution >= 0.6 is 0 Å². The first-order valence-corrected chi connectivity index (χ1v) is 8.95. The number of pyridine rings is 1. The topological polar surface area (TPSA) is 57.3 Å². The molecule has 1 atom stereocenters. The van der Waals surface area contributed by atoms with Gasteiger partial charge in [-0.05, 0) is 24.1 Å². The first-order chi connectivity index (χ1) is 12.8. The molecule has 2 heterocycles. The minimum absolute atomic E-state index is 0.168. The number of nitrogens with one attached hydrogen (secondary N) is 2. The van der Waals surface area contributed by atoms with Gasteiger partial charge in [-0.2, -0.15) is 0 Å². The molecular formula is C21H22N4O. The van der Waals surface area contributed by atoms with Crippen LogP contribution in [0.4, 0.5) is 10.5 Å². The Morgan fingerprint density at radius 1 is 1.08 bits per heavy atom. The number of para-hydroxylation sites is 1. The van der Waals surface area contributed by atoms with E-state index in [0.29, 0.717) is 0 Å². The van der Waals surface area contributed by atoms with E-state index >= 15 is 0 Å². The van der Waals surface area contributed by atoms with Gasteiger partial charge in [-0.3, -0.25) is 9.88 Å². The summed E-state index contributed by atoms with van der Waals surface area (Å²) in [6.07, 6.45) is 2.71. The van der Waals surface area contributed by atoms with Gasteiger partial charge in [0, 0.05) is 37.3 Å². The van der Waals surface area contributed by atoms with Crippen molar-refractivity contribution in [1.82, 2.24) is 15.2 Å². The van der Waals surface area contributed by atoms with Crippen molar-refractivity contribution in [3.63, 3.8) is 0 Å². The molecule has 1 saturated heterocycles. The summed E-state index contributed by atoms with van der Waals surface area (Å²) in [6.45, 7) is 2.79. The van der Waals surface area contributed by atoms with E-state index < -0.39 is 0 Å². The first kappa shape index (κ1) is 16.5. The van der Waals surface area contributed by atoms with Crippen LogP contribution in [0.5, 0.6) is 0 Å². The number of amides is 2. The fraction of sp³-hybridized carbons (Fsp3) is 0.238. The molecule has 1 fully saturated rings. The summed E-state index contributed by atoms with van der Waals surface area (Å²) in [4.78, 5) is 19.2. The smallest absolute Gasteiger partial charge is 0.319 e. The summed E-state index contributed by atoms with van der Waals surface area (Å²) >= 11 is 0. The second-order valence-electron chi connectivity index (χ2n) is 6.69. The maximum absolute atomic E-state index is 12.4. The number of aromatic nitrogens is 1. The third kappa shape index (κ3) is 3.83. The van der Waals surface area contributed by atoms with Crippen LogP contribution in [0.15, 0.2) is 66.9 Å². The van der Waals surface area contributed by atoms with Crippen LogP contribution in [-0.2, 0) is 6.54 Å². The second kappa shape index (κ2) is 7.54. The maximum Gasteiger partial charge on any atom is 0.319 e. The molecule has 2 aromatic carbocycles. The molecule has 0 aliphatic carbocycles. The lowest BCUT2D eigenvalue weighted by Crippen LogP contribution is -2.39. The number of likely N-dealkylation sites (tertiary alicyclic amines) is 1. The number of hydrogen-bond donors (Lipinski definition) is 2. The van der Waals surface area contributed by atoms with Gasteiger partial charge in [0.05, 0.1) is 11.2 Å². The maximum atomic E-state index is 12.4. The molecule has 1 aromatic heterocycles. The molecule has 0 saturated carbocycles. The standard InChI is InChI=1S/C21H22N4O/c26-21(24-19-10-4-8-17-9-5-12-22-20(17)19)23-18-11-13-25(15-18)14-16-6-2-1-3-7-16/h1-10,12,18H,11,13-15H2,(H2,23,24,26)/t18-/m1/s1. The molecular weight excluding hydrogens is 324 g/mol. The van der Waals surface area contributed by atoms with Gasteiger partial charge in [-0.25, -0.2) is 4.79 Å². The van der Waals surface area contributed by atoms with Crippen LogP contribution in [0, 0.1) is 0 Å². The number of anilines is 1. The molecule has 4 rings (SSSR count). The normalized spacial score (nSPS) is 17.3. The summed E-state index contributed by atoms with van der Waals surface area (Å²) in [5, 5.41) is 7.05. The number of carbonyl (C=O) groups excluding carboxylic acids is 1. The van der Waals surface area contributed by atoms with Gasteiger partial charge >= 0.3 is 6.03 Å². The summed E-state index contributed by atoms with van der Waals surface area (Å²) in [5.74, 6) is 0. The van der Waals surface area contributed by atoms with Crippen LogP contribution in [0.1, 0.15) is 12.0 Å². The Balaban J connectivity index is 1.34. The van der Waals surface area contributed by atoms with Gasteiger partial charge in [0.2, 0.25) is 0 Å². The molecule has 26 heavy (non-hydrogen) atoms. The van der Waals surface area contributed by atoms with Gasteiger partial charge in [0.25, 0.3) is 0 Å². The lowest BCUT2D eigenvalue weighted by atomic mass is 10.2. The molecule has 0 unspecified atom stereocenters. The fourth-order valence-electron chi connectivity index (χ4n) is 3.48. The van der Waals surface area contributed by atoms with Gasteiger partial charge in [-0.1, -0.05) is 48.5 Å². The molecule has 2 N–H and O–H groups in total. The number of nitrogens with zero attached hydrogens (tertiary/aromatic N) is 2. The zero-order chi connectivity index (χ0) is 17.8. The van der Waals surface area contributed by atoms with Crippen LogP contribution in [0.25, 0.3) is 10.9 Å². The lowest BCUT2D eigenvalue weighted by Gasteiger charge is -2.17. The number of rotatable bonds is 4. The highest BCUT2D eigenvalue weighted by Crippen LogP contribution is 2.20. The Labute approximate surface area is 153 Å². The number of carbonyl (C=O) groups is 1.